The van der Waals surface area contributed by atoms with Crippen LogP contribution < -0.4 is 0 Å². The third kappa shape index (κ3) is 3.21. The van der Waals surface area contributed by atoms with Crippen LogP contribution in [0.3, 0.4) is 0 Å². The lowest BCUT2D eigenvalue weighted by atomic mass is 10.1. The zero-order chi connectivity index (χ0) is 17.2. The van der Waals surface area contributed by atoms with E-state index >= 15 is 0 Å². The molecule has 0 aliphatic carbocycles. The molecule has 2 N–H and O–H groups in total. The molecular weight excluding hydrogens is 310 g/mol. The van der Waals surface area contributed by atoms with Gasteiger partial charge in [0.15, 0.2) is 0 Å². The molecule has 0 aliphatic rings. The van der Waals surface area contributed by atoms with Gasteiger partial charge in [-0.3, -0.25) is 0 Å². The molecule has 0 spiro atoms. The Hall–Kier alpha value is -2.85. The summed E-state index contributed by atoms with van der Waals surface area (Å²) >= 11 is 0. The maximum Gasteiger partial charge on any atom is 0.0959 e. The molecule has 2 heterocycles. The maximum atomic E-state index is 9.95. The lowest BCUT2D eigenvalue weighted by Crippen LogP contribution is -2.11. The van der Waals surface area contributed by atoms with Gasteiger partial charge in [0.25, 0.3) is 0 Å². The van der Waals surface area contributed by atoms with Crippen LogP contribution in [0.2, 0.25) is 0 Å². The van der Waals surface area contributed by atoms with Crippen molar-refractivity contribution in [3.8, 4) is 11.3 Å². The number of benzene rings is 2. The van der Waals surface area contributed by atoms with Crippen molar-refractivity contribution in [2.45, 2.75) is 26.0 Å². The van der Waals surface area contributed by atoms with Crippen molar-refractivity contribution < 1.29 is 5.11 Å². The topological polar surface area (TPSA) is 53.8 Å². The fourth-order valence-electron chi connectivity index (χ4n) is 3.27. The fraction of sp³-hybridized carbons (Fsp3) is 0.190. The molecule has 1 unspecified atom stereocenters. The minimum Gasteiger partial charge on any atom is -0.393 e. The molecule has 2 aromatic carbocycles. The highest BCUT2D eigenvalue weighted by atomic mass is 16.3. The predicted molar refractivity (Wildman–Crippen MR) is 100 cm³/mol. The Balaban J connectivity index is 1.72. The third-order valence-corrected chi connectivity index (χ3v) is 4.45. The minimum absolute atomic E-state index is 0.412. The molecule has 0 fully saturated rings. The Labute approximate surface area is 146 Å². The fourth-order valence-corrected chi connectivity index (χ4v) is 3.27. The molecule has 0 radical (unpaired) electrons. The summed E-state index contributed by atoms with van der Waals surface area (Å²) in [5.74, 6) is 0. The average Bonchev–Trinajstić information content (AvgIpc) is 3.22. The molecule has 0 bridgehead atoms. The number of nitrogens with zero attached hydrogens (tertiary/aromatic N) is 2. The Morgan fingerprint density at radius 3 is 2.76 bits per heavy atom. The zero-order valence-corrected chi connectivity index (χ0v) is 14.2. The van der Waals surface area contributed by atoms with E-state index in [1.165, 1.54) is 10.9 Å². The molecule has 4 heteroatoms. The van der Waals surface area contributed by atoms with Crippen molar-refractivity contribution in [1.29, 1.82) is 0 Å². The van der Waals surface area contributed by atoms with Gasteiger partial charge >= 0.3 is 0 Å². The van der Waals surface area contributed by atoms with E-state index in [2.05, 4.69) is 50.9 Å². The van der Waals surface area contributed by atoms with Crippen molar-refractivity contribution >= 4 is 10.9 Å². The van der Waals surface area contributed by atoms with E-state index in [4.69, 9.17) is 0 Å². The van der Waals surface area contributed by atoms with Crippen molar-refractivity contribution in [2.75, 3.05) is 0 Å². The molecule has 0 amide bonds. The number of hydrogen-bond donors (Lipinski definition) is 2. The largest absolute Gasteiger partial charge is 0.393 e. The molecule has 2 aromatic heterocycles. The highest BCUT2D eigenvalue weighted by Gasteiger charge is 2.15. The zero-order valence-electron chi connectivity index (χ0n) is 14.2. The number of imidazole rings is 1. The standard InChI is InChI=1S/C21H21N3O/c1-15(25)11-20-21(17-5-3-2-4-6-17)23-14-24(20)13-16-7-8-19-18(12-16)9-10-22-19/h2-10,12,14-15,22,25H,11,13H2,1H3. The quantitative estimate of drug-likeness (QED) is 0.581. The van der Waals surface area contributed by atoms with Crippen molar-refractivity contribution in [1.82, 2.24) is 14.5 Å². The molecule has 126 valence electrons. The van der Waals surface area contributed by atoms with Gasteiger partial charge in [0.05, 0.1) is 18.1 Å². The van der Waals surface area contributed by atoms with Crippen LogP contribution in [0.1, 0.15) is 18.2 Å². The summed E-state index contributed by atoms with van der Waals surface area (Å²) in [7, 11) is 0. The number of rotatable bonds is 5. The molecule has 4 aromatic rings. The van der Waals surface area contributed by atoms with Crippen LogP contribution in [0, 0.1) is 0 Å². The van der Waals surface area contributed by atoms with Crippen molar-refractivity contribution in [3.05, 3.63) is 78.4 Å². The number of fused-ring (bicyclic) bond motifs is 1. The van der Waals surface area contributed by atoms with Gasteiger partial charge < -0.3 is 14.7 Å². The first-order chi connectivity index (χ1) is 12.2. The predicted octanol–water partition coefficient (Wildman–Crippen LogP) is 4.00. The van der Waals surface area contributed by atoms with Crippen molar-refractivity contribution in [3.63, 3.8) is 0 Å². The van der Waals surface area contributed by atoms with Gasteiger partial charge in [-0.1, -0.05) is 36.4 Å². The van der Waals surface area contributed by atoms with E-state index in [9.17, 15) is 5.11 Å². The molecule has 4 nitrogen and oxygen atoms in total. The van der Waals surface area contributed by atoms with E-state index in [-0.39, 0.29) is 0 Å². The second kappa shape index (κ2) is 6.57. The van der Waals surface area contributed by atoms with Gasteiger partial charge in [-0.15, -0.1) is 0 Å². The Kier molecular flexibility index (Phi) is 4.12. The van der Waals surface area contributed by atoms with Gasteiger partial charge in [0, 0.05) is 35.9 Å². The third-order valence-electron chi connectivity index (χ3n) is 4.45. The lowest BCUT2D eigenvalue weighted by Gasteiger charge is -2.12. The number of hydrogen-bond acceptors (Lipinski definition) is 2. The Morgan fingerprint density at radius 2 is 1.96 bits per heavy atom. The summed E-state index contributed by atoms with van der Waals surface area (Å²) in [6.07, 6.45) is 4.00. The molecule has 25 heavy (non-hydrogen) atoms. The summed E-state index contributed by atoms with van der Waals surface area (Å²) in [6.45, 7) is 2.56. The van der Waals surface area contributed by atoms with E-state index in [1.807, 2.05) is 37.6 Å². The second-order valence-corrected chi connectivity index (χ2v) is 6.49. The number of H-pyrrole nitrogens is 1. The van der Waals surface area contributed by atoms with Crippen molar-refractivity contribution in [2.24, 2.45) is 0 Å². The number of aromatic nitrogens is 3. The first-order valence-electron chi connectivity index (χ1n) is 8.54. The van der Waals surface area contributed by atoms with Crippen LogP contribution in [0.15, 0.2) is 67.1 Å². The first-order valence-corrected chi connectivity index (χ1v) is 8.54. The van der Waals surface area contributed by atoms with Gasteiger partial charge in [-0.2, -0.15) is 0 Å². The molecule has 0 saturated heterocycles. The van der Waals surface area contributed by atoms with Crippen LogP contribution in [0.5, 0.6) is 0 Å². The van der Waals surface area contributed by atoms with Gasteiger partial charge in [-0.25, -0.2) is 4.98 Å². The summed E-state index contributed by atoms with van der Waals surface area (Å²) in [5, 5.41) is 11.2. The maximum absolute atomic E-state index is 9.95. The lowest BCUT2D eigenvalue weighted by molar-refractivity contribution is 0.193. The van der Waals surface area contributed by atoms with Crippen LogP contribution in [0.25, 0.3) is 22.2 Å². The Morgan fingerprint density at radius 1 is 1.12 bits per heavy atom. The number of aliphatic hydroxyl groups is 1. The monoisotopic (exact) mass is 331 g/mol. The Bertz CT molecular complexity index is 983. The summed E-state index contributed by atoms with van der Waals surface area (Å²) in [4.78, 5) is 7.86. The van der Waals surface area contributed by atoms with E-state index in [0.29, 0.717) is 6.42 Å². The van der Waals surface area contributed by atoms with Crippen LogP contribution in [-0.4, -0.2) is 25.7 Å². The molecule has 4 rings (SSSR count). The number of aliphatic hydroxyl groups excluding tert-OH is 1. The van der Waals surface area contributed by atoms with E-state index in [0.717, 1.165) is 29.0 Å². The van der Waals surface area contributed by atoms with E-state index < -0.39 is 6.10 Å². The molecule has 0 aliphatic heterocycles. The minimum atomic E-state index is -0.412. The SMILES string of the molecule is CC(O)Cc1c(-c2ccccc2)ncn1Cc1ccc2[nH]ccc2c1. The number of nitrogens with one attached hydrogen (secondary N) is 1. The highest BCUT2D eigenvalue weighted by Crippen LogP contribution is 2.24. The first kappa shape index (κ1) is 15.7. The van der Waals surface area contributed by atoms with Crippen LogP contribution >= 0.6 is 0 Å². The normalized spacial score (nSPS) is 12.6. The van der Waals surface area contributed by atoms with E-state index in [1.54, 1.807) is 0 Å². The summed E-state index contributed by atoms with van der Waals surface area (Å²) < 4.78 is 2.14. The van der Waals surface area contributed by atoms with Crippen LogP contribution in [0.4, 0.5) is 0 Å². The smallest absolute Gasteiger partial charge is 0.0959 e. The number of aromatic amines is 1. The molecule has 1 atom stereocenters. The highest BCUT2D eigenvalue weighted by molar-refractivity contribution is 5.79. The van der Waals surface area contributed by atoms with Gasteiger partial charge in [0.2, 0.25) is 0 Å². The van der Waals surface area contributed by atoms with Gasteiger partial charge in [0.1, 0.15) is 0 Å². The van der Waals surface area contributed by atoms with Gasteiger partial charge in [-0.05, 0) is 36.1 Å². The summed E-state index contributed by atoms with van der Waals surface area (Å²) in [6, 6.07) is 18.7. The summed E-state index contributed by atoms with van der Waals surface area (Å²) in [5.41, 5.74) is 5.46. The van der Waals surface area contributed by atoms with Crippen LogP contribution in [-0.2, 0) is 13.0 Å². The molecule has 0 saturated carbocycles. The average molecular weight is 331 g/mol. The second-order valence-electron chi connectivity index (χ2n) is 6.49. The molecular formula is C21H21N3O.